The minimum absolute atomic E-state index is 0.134. The van der Waals surface area contributed by atoms with Crippen molar-refractivity contribution >= 4 is 9.52 Å². The van der Waals surface area contributed by atoms with E-state index in [1.54, 1.807) is 5.20 Å². The number of hydrogen-bond donors (Lipinski definition) is 1. The van der Waals surface area contributed by atoms with Crippen molar-refractivity contribution in [2.45, 2.75) is 19.6 Å². The molecular weight excluding hydrogens is 154 g/mol. The van der Waals surface area contributed by atoms with E-state index in [4.69, 9.17) is 4.74 Å². The van der Waals surface area contributed by atoms with Gasteiger partial charge in [0.05, 0.1) is 21.9 Å². The summed E-state index contributed by atoms with van der Waals surface area (Å²) in [4.78, 5) is 0. The third-order valence-corrected chi connectivity index (χ3v) is 4.08. The Morgan fingerprint density at radius 1 is 1.73 bits per heavy atom. The van der Waals surface area contributed by atoms with Crippen molar-refractivity contribution in [3.63, 3.8) is 0 Å². The molecule has 0 saturated carbocycles. The van der Waals surface area contributed by atoms with Crippen LogP contribution >= 0.6 is 0 Å². The average molecular weight is 171 g/mol. The first-order chi connectivity index (χ1) is 5.33. The van der Waals surface area contributed by atoms with Gasteiger partial charge in [-0.2, -0.15) is 0 Å². The van der Waals surface area contributed by atoms with Gasteiger partial charge in [-0.25, -0.2) is 0 Å². The summed E-state index contributed by atoms with van der Waals surface area (Å²) in [6.07, 6.45) is 2.21. The monoisotopic (exact) mass is 171 g/mol. The van der Waals surface area contributed by atoms with Crippen molar-refractivity contribution in [1.82, 2.24) is 5.32 Å². The molecule has 3 heteroatoms. The number of ether oxygens (including phenoxy) is 1. The van der Waals surface area contributed by atoms with Crippen molar-refractivity contribution in [3.8, 4) is 0 Å². The molecule has 0 radical (unpaired) electrons. The molecule has 1 fully saturated rings. The Morgan fingerprint density at radius 3 is 3.09 bits per heavy atom. The molecule has 0 spiro atoms. The normalized spacial score (nSPS) is 28.2. The van der Waals surface area contributed by atoms with Crippen LogP contribution in [0.2, 0.25) is 0 Å². The molecule has 1 heterocycles. The van der Waals surface area contributed by atoms with Crippen LogP contribution < -0.4 is 5.32 Å². The van der Waals surface area contributed by atoms with Crippen LogP contribution in [-0.2, 0) is 4.74 Å². The highest BCUT2D eigenvalue weighted by Gasteiger charge is 2.13. The van der Waals surface area contributed by atoms with Gasteiger partial charge in [0.1, 0.15) is 0 Å². The Labute approximate surface area is 70.8 Å². The Hall–Kier alpha value is -0.123. The lowest BCUT2D eigenvalue weighted by molar-refractivity contribution is 0.0782. The molecule has 1 aliphatic rings. The molecule has 0 bridgehead atoms. The summed E-state index contributed by atoms with van der Waals surface area (Å²) in [5.74, 6) is 0. The molecule has 0 aromatic heterocycles. The molecular formula is C8H17NOSi. The molecule has 2 nitrogen and oxygen atoms in total. The molecule has 1 saturated heterocycles. The SMILES string of the molecule is CC=C(C)[SiH2]C1CNCCO1. The zero-order valence-electron chi connectivity index (χ0n) is 7.39. The van der Waals surface area contributed by atoms with Gasteiger partial charge in [0.15, 0.2) is 0 Å². The maximum Gasteiger partial charge on any atom is 0.0845 e. The van der Waals surface area contributed by atoms with Gasteiger partial charge in [-0.1, -0.05) is 11.3 Å². The number of hydrogen-bond acceptors (Lipinski definition) is 2. The third-order valence-electron chi connectivity index (χ3n) is 2.05. The van der Waals surface area contributed by atoms with E-state index in [0.29, 0.717) is 5.73 Å². The van der Waals surface area contributed by atoms with Gasteiger partial charge in [0.25, 0.3) is 0 Å². The maximum atomic E-state index is 5.61. The third kappa shape index (κ3) is 3.18. The quantitative estimate of drug-likeness (QED) is 0.592. The fraction of sp³-hybridized carbons (Fsp3) is 0.750. The molecule has 1 aliphatic heterocycles. The van der Waals surface area contributed by atoms with Gasteiger partial charge in [-0.3, -0.25) is 0 Å². The van der Waals surface area contributed by atoms with Crippen molar-refractivity contribution in [3.05, 3.63) is 11.3 Å². The number of nitrogens with one attached hydrogen (secondary N) is 1. The Bertz CT molecular complexity index is 141. The summed E-state index contributed by atoms with van der Waals surface area (Å²) in [5.41, 5.74) is 0.542. The average Bonchev–Trinajstić information content (AvgIpc) is 2.06. The van der Waals surface area contributed by atoms with Crippen molar-refractivity contribution < 1.29 is 4.74 Å². The predicted molar refractivity (Wildman–Crippen MR) is 50.6 cm³/mol. The van der Waals surface area contributed by atoms with Crippen LogP contribution in [0.1, 0.15) is 13.8 Å². The lowest BCUT2D eigenvalue weighted by atomic mass is 10.5. The van der Waals surface area contributed by atoms with Crippen LogP contribution in [-0.4, -0.2) is 34.9 Å². The Morgan fingerprint density at radius 2 is 2.55 bits per heavy atom. The lowest BCUT2D eigenvalue weighted by Gasteiger charge is -2.23. The van der Waals surface area contributed by atoms with E-state index in [9.17, 15) is 0 Å². The van der Waals surface area contributed by atoms with Gasteiger partial charge in [-0.05, 0) is 13.8 Å². The van der Waals surface area contributed by atoms with Gasteiger partial charge < -0.3 is 10.1 Å². The minimum Gasteiger partial charge on any atom is -0.379 e. The first-order valence-electron chi connectivity index (χ1n) is 4.27. The van der Waals surface area contributed by atoms with E-state index in [2.05, 4.69) is 25.2 Å². The first-order valence-corrected chi connectivity index (χ1v) is 5.79. The molecule has 1 atom stereocenters. The molecule has 1 unspecified atom stereocenters. The maximum absolute atomic E-state index is 5.61. The second kappa shape index (κ2) is 4.69. The van der Waals surface area contributed by atoms with Gasteiger partial charge >= 0.3 is 0 Å². The van der Waals surface area contributed by atoms with Crippen LogP contribution in [0.15, 0.2) is 11.3 Å². The summed E-state index contributed by atoms with van der Waals surface area (Å²) in [6, 6.07) is 0. The van der Waals surface area contributed by atoms with Crippen LogP contribution in [0.25, 0.3) is 0 Å². The molecule has 64 valence electrons. The van der Waals surface area contributed by atoms with E-state index in [1.165, 1.54) is 0 Å². The minimum atomic E-state index is -0.134. The van der Waals surface area contributed by atoms with Crippen molar-refractivity contribution in [1.29, 1.82) is 0 Å². The highest BCUT2D eigenvalue weighted by Crippen LogP contribution is 1.99. The second-order valence-corrected chi connectivity index (χ2v) is 5.47. The fourth-order valence-corrected chi connectivity index (χ4v) is 2.81. The zero-order valence-corrected chi connectivity index (χ0v) is 8.81. The number of rotatable bonds is 2. The lowest BCUT2D eigenvalue weighted by Crippen LogP contribution is -2.42. The summed E-state index contributed by atoms with van der Waals surface area (Å²) in [7, 11) is -0.134. The Kier molecular flexibility index (Phi) is 3.83. The van der Waals surface area contributed by atoms with Crippen molar-refractivity contribution in [2.24, 2.45) is 0 Å². The number of morpholine rings is 1. The number of allylic oxidation sites excluding steroid dienone is 2. The molecule has 0 aliphatic carbocycles. The van der Waals surface area contributed by atoms with E-state index >= 15 is 0 Å². The molecule has 0 amide bonds. The van der Waals surface area contributed by atoms with Gasteiger partial charge in [0.2, 0.25) is 0 Å². The highest BCUT2D eigenvalue weighted by atomic mass is 28.2. The highest BCUT2D eigenvalue weighted by molar-refractivity contribution is 6.46. The van der Waals surface area contributed by atoms with Crippen molar-refractivity contribution in [2.75, 3.05) is 19.7 Å². The molecule has 11 heavy (non-hydrogen) atoms. The van der Waals surface area contributed by atoms with Crippen LogP contribution in [0, 0.1) is 0 Å². The molecule has 1 N–H and O–H groups in total. The van der Waals surface area contributed by atoms with Crippen LogP contribution in [0.4, 0.5) is 0 Å². The van der Waals surface area contributed by atoms with E-state index in [-0.39, 0.29) is 9.52 Å². The fourth-order valence-electron chi connectivity index (χ4n) is 1.23. The summed E-state index contributed by atoms with van der Waals surface area (Å²) >= 11 is 0. The summed E-state index contributed by atoms with van der Waals surface area (Å²) in [6.45, 7) is 7.31. The largest absolute Gasteiger partial charge is 0.379 e. The van der Waals surface area contributed by atoms with Gasteiger partial charge in [-0.15, -0.1) is 0 Å². The first kappa shape index (κ1) is 8.97. The van der Waals surface area contributed by atoms with E-state index in [0.717, 1.165) is 19.7 Å². The standard InChI is InChI=1S/C8H17NOSi/c1-3-7(2)11-8-6-9-4-5-10-8/h3,8-9H,4-6,11H2,1-2H3. The molecule has 0 aromatic rings. The zero-order chi connectivity index (χ0) is 8.10. The molecule has 1 rings (SSSR count). The summed E-state index contributed by atoms with van der Waals surface area (Å²) in [5, 5.41) is 4.90. The molecule has 0 aromatic carbocycles. The van der Waals surface area contributed by atoms with Crippen LogP contribution in [0.3, 0.4) is 0 Å². The Balaban J connectivity index is 2.24. The smallest absolute Gasteiger partial charge is 0.0845 e. The van der Waals surface area contributed by atoms with Gasteiger partial charge in [0, 0.05) is 13.1 Å². The van der Waals surface area contributed by atoms with E-state index in [1.807, 2.05) is 0 Å². The predicted octanol–water partition coefficient (Wildman–Crippen LogP) is 0.0248. The van der Waals surface area contributed by atoms with Crippen LogP contribution in [0.5, 0.6) is 0 Å². The second-order valence-electron chi connectivity index (χ2n) is 3.04. The summed E-state index contributed by atoms with van der Waals surface area (Å²) < 4.78 is 5.61. The van der Waals surface area contributed by atoms with E-state index < -0.39 is 0 Å². The topological polar surface area (TPSA) is 21.3 Å².